The number of rotatable bonds is 1. The lowest BCUT2D eigenvalue weighted by Gasteiger charge is -2.25. The molecule has 20 heavy (non-hydrogen) atoms. The molecule has 0 amide bonds. The Morgan fingerprint density at radius 3 is 2.95 bits per heavy atom. The molecule has 2 aliphatic rings. The molecule has 2 aromatic carbocycles. The largest absolute Gasteiger partial charge is 0.493 e. The highest BCUT2D eigenvalue weighted by Crippen LogP contribution is 2.47. The van der Waals surface area contributed by atoms with Gasteiger partial charge in [0.25, 0.3) is 0 Å². The van der Waals surface area contributed by atoms with Crippen LogP contribution in [0.5, 0.6) is 5.75 Å². The first-order valence-electron chi connectivity index (χ1n) is 7.02. The Kier molecular flexibility index (Phi) is 2.43. The van der Waals surface area contributed by atoms with Crippen LogP contribution >= 0.6 is 0 Å². The molecule has 3 nitrogen and oxygen atoms in total. The van der Waals surface area contributed by atoms with Gasteiger partial charge in [0.2, 0.25) is 0 Å². The van der Waals surface area contributed by atoms with E-state index in [4.69, 9.17) is 10.5 Å². The van der Waals surface area contributed by atoms with Gasteiger partial charge in [0.05, 0.1) is 6.61 Å². The lowest BCUT2D eigenvalue weighted by Crippen LogP contribution is -2.25. The zero-order chi connectivity index (χ0) is 13.7. The minimum atomic E-state index is -0.979. The van der Waals surface area contributed by atoms with E-state index >= 15 is 0 Å². The Balaban J connectivity index is 1.86. The van der Waals surface area contributed by atoms with Crippen LogP contribution in [0.25, 0.3) is 0 Å². The van der Waals surface area contributed by atoms with E-state index in [2.05, 4.69) is 6.07 Å². The molecule has 0 spiro atoms. The summed E-state index contributed by atoms with van der Waals surface area (Å²) in [6, 6.07) is 13.8. The smallest absolute Gasteiger partial charge is 0.122 e. The lowest BCUT2D eigenvalue weighted by molar-refractivity contribution is 0.0775. The van der Waals surface area contributed by atoms with E-state index in [1.807, 2.05) is 36.4 Å². The van der Waals surface area contributed by atoms with Gasteiger partial charge in [-0.1, -0.05) is 30.3 Å². The quantitative estimate of drug-likeness (QED) is 0.833. The first kappa shape index (κ1) is 11.9. The van der Waals surface area contributed by atoms with E-state index in [0.29, 0.717) is 6.42 Å². The first-order valence-corrected chi connectivity index (χ1v) is 7.02. The third kappa shape index (κ3) is 1.54. The number of aliphatic hydroxyl groups is 1. The van der Waals surface area contributed by atoms with Crippen molar-refractivity contribution in [3.8, 4) is 5.75 Å². The van der Waals surface area contributed by atoms with Crippen LogP contribution in [0, 0.1) is 0 Å². The number of hydrogen-bond acceptors (Lipinski definition) is 3. The highest BCUT2D eigenvalue weighted by Gasteiger charge is 2.42. The van der Waals surface area contributed by atoms with Gasteiger partial charge < -0.3 is 15.6 Å². The molecule has 1 aliphatic carbocycles. The number of fused-ring (bicyclic) bond motifs is 2. The van der Waals surface area contributed by atoms with E-state index < -0.39 is 5.60 Å². The third-order valence-corrected chi connectivity index (χ3v) is 4.49. The fraction of sp³-hybridized carbons (Fsp3) is 0.294. The Bertz CT molecular complexity index is 682. The second-order valence-electron chi connectivity index (χ2n) is 5.68. The van der Waals surface area contributed by atoms with Crippen molar-refractivity contribution in [3.05, 3.63) is 64.7 Å². The van der Waals surface area contributed by atoms with Gasteiger partial charge in [-0.3, -0.25) is 0 Å². The fourth-order valence-electron chi connectivity index (χ4n) is 3.45. The van der Waals surface area contributed by atoms with Crippen molar-refractivity contribution in [1.82, 2.24) is 0 Å². The summed E-state index contributed by atoms with van der Waals surface area (Å²) in [6.07, 6.45) is 1.44. The van der Waals surface area contributed by atoms with Gasteiger partial charge in [-0.15, -0.1) is 0 Å². The molecule has 3 N–H and O–H groups in total. The molecule has 0 radical (unpaired) electrons. The first-order chi connectivity index (χ1) is 9.68. The third-order valence-electron chi connectivity index (χ3n) is 4.49. The summed E-state index contributed by atoms with van der Waals surface area (Å²) < 4.78 is 5.53. The van der Waals surface area contributed by atoms with Crippen LogP contribution in [0.2, 0.25) is 0 Å². The van der Waals surface area contributed by atoms with E-state index in [1.165, 1.54) is 5.56 Å². The molecular weight excluding hydrogens is 250 g/mol. The van der Waals surface area contributed by atoms with E-state index in [-0.39, 0.29) is 6.04 Å². The highest BCUT2D eigenvalue weighted by molar-refractivity contribution is 5.50. The molecule has 1 heterocycles. The van der Waals surface area contributed by atoms with Gasteiger partial charge >= 0.3 is 0 Å². The molecule has 0 fully saturated rings. The van der Waals surface area contributed by atoms with Crippen molar-refractivity contribution in [3.63, 3.8) is 0 Å². The molecule has 0 saturated heterocycles. The van der Waals surface area contributed by atoms with Crippen molar-refractivity contribution in [2.45, 2.75) is 24.5 Å². The maximum Gasteiger partial charge on any atom is 0.122 e. The van der Waals surface area contributed by atoms with Gasteiger partial charge in [0.15, 0.2) is 0 Å². The number of hydrogen-bond donors (Lipinski definition) is 2. The number of nitrogens with two attached hydrogens (primary N) is 1. The second kappa shape index (κ2) is 4.08. The summed E-state index contributed by atoms with van der Waals surface area (Å²) in [5.41, 5.74) is 9.29. The topological polar surface area (TPSA) is 55.5 Å². The molecule has 1 aliphatic heterocycles. The summed E-state index contributed by atoms with van der Waals surface area (Å²) in [5, 5.41) is 11.2. The summed E-state index contributed by atoms with van der Waals surface area (Å²) in [6.45, 7) is 0.729. The monoisotopic (exact) mass is 267 g/mol. The van der Waals surface area contributed by atoms with Gasteiger partial charge in [-0.2, -0.15) is 0 Å². The van der Waals surface area contributed by atoms with Crippen LogP contribution in [-0.4, -0.2) is 11.7 Å². The van der Waals surface area contributed by atoms with Crippen LogP contribution in [0.4, 0.5) is 0 Å². The van der Waals surface area contributed by atoms with Crippen LogP contribution in [0.15, 0.2) is 42.5 Å². The molecule has 3 heteroatoms. The molecule has 2 unspecified atom stereocenters. The Hall–Kier alpha value is -1.84. The predicted octanol–water partition coefficient (Wildman–Crippen LogP) is 2.26. The maximum absolute atomic E-state index is 11.2. The summed E-state index contributed by atoms with van der Waals surface area (Å²) >= 11 is 0. The molecule has 4 rings (SSSR count). The van der Waals surface area contributed by atoms with E-state index in [9.17, 15) is 5.11 Å². The fourth-order valence-corrected chi connectivity index (χ4v) is 3.45. The van der Waals surface area contributed by atoms with Crippen LogP contribution in [0.3, 0.4) is 0 Å². The minimum absolute atomic E-state index is 0.110. The molecular formula is C17H17NO2. The van der Waals surface area contributed by atoms with E-state index in [0.717, 1.165) is 35.5 Å². The SMILES string of the molecule is NC1CC(O)(c2ccc3c(c2)CCO3)c2ccccc21. The van der Waals surface area contributed by atoms with Gasteiger partial charge in [0, 0.05) is 18.9 Å². The van der Waals surface area contributed by atoms with Crippen LogP contribution in [0.1, 0.15) is 34.7 Å². The Morgan fingerprint density at radius 2 is 2.05 bits per heavy atom. The average Bonchev–Trinajstić information content (AvgIpc) is 3.03. The summed E-state index contributed by atoms with van der Waals surface area (Å²) in [5.74, 6) is 0.938. The van der Waals surface area contributed by atoms with Crippen molar-refractivity contribution in [2.24, 2.45) is 5.73 Å². The second-order valence-corrected chi connectivity index (χ2v) is 5.68. The predicted molar refractivity (Wildman–Crippen MR) is 76.6 cm³/mol. The summed E-state index contributed by atoms with van der Waals surface area (Å²) in [4.78, 5) is 0. The van der Waals surface area contributed by atoms with Gasteiger partial charge in [-0.05, 0) is 34.4 Å². The summed E-state index contributed by atoms with van der Waals surface area (Å²) in [7, 11) is 0. The standard InChI is InChI=1S/C17H17NO2/c18-15-10-17(19,14-4-2-1-3-13(14)15)12-5-6-16-11(9-12)7-8-20-16/h1-6,9,15,19H,7-8,10,18H2. The average molecular weight is 267 g/mol. The van der Waals surface area contributed by atoms with Crippen molar-refractivity contribution >= 4 is 0 Å². The van der Waals surface area contributed by atoms with Crippen LogP contribution in [-0.2, 0) is 12.0 Å². The molecule has 2 aromatic rings. The Morgan fingerprint density at radius 1 is 1.20 bits per heavy atom. The number of benzene rings is 2. The lowest BCUT2D eigenvalue weighted by atomic mass is 9.86. The minimum Gasteiger partial charge on any atom is -0.493 e. The normalized spacial score (nSPS) is 27.0. The zero-order valence-corrected chi connectivity index (χ0v) is 11.2. The van der Waals surface area contributed by atoms with Gasteiger partial charge in [0.1, 0.15) is 11.4 Å². The molecule has 2 atom stereocenters. The molecule has 102 valence electrons. The molecule has 0 bridgehead atoms. The highest BCUT2D eigenvalue weighted by atomic mass is 16.5. The van der Waals surface area contributed by atoms with Gasteiger partial charge in [-0.25, -0.2) is 0 Å². The molecule has 0 saturated carbocycles. The van der Waals surface area contributed by atoms with Crippen molar-refractivity contribution < 1.29 is 9.84 Å². The maximum atomic E-state index is 11.2. The number of ether oxygens (including phenoxy) is 1. The van der Waals surface area contributed by atoms with Crippen molar-refractivity contribution in [1.29, 1.82) is 0 Å². The zero-order valence-electron chi connectivity index (χ0n) is 11.2. The van der Waals surface area contributed by atoms with Crippen LogP contribution < -0.4 is 10.5 Å². The Labute approximate surface area is 118 Å². The van der Waals surface area contributed by atoms with E-state index in [1.54, 1.807) is 0 Å². The van der Waals surface area contributed by atoms with Crippen molar-refractivity contribution in [2.75, 3.05) is 6.61 Å². The molecule has 0 aromatic heterocycles.